The highest BCUT2D eigenvalue weighted by molar-refractivity contribution is 5.94. The van der Waals surface area contributed by atoms with Crippen molar-refractivity contribution in [2.24, 2.45) is 10.8 Å². The van der Waals surface area contributed by atoms with Crippen molar-refractivity contribution in [3.05, 3.63) is 41.6 Å². The van der Waals surface area contributed by atoms with Gasteiger partial charge in [0.05, 0.1) is 0 Å². The highest BCUT2D eigenvalue weighted by Crippen LogP contribution is 2.71. The second-order valence-corrected chi connectivity index (χ2v) is 15.1. The van der Waals surface area contributed by atoms with Gasteiger partial charge in [0, 0.05) is 35.0 Å². The summed E-state index contributed by atoms with van der Waals surface area (Å²) in [7, 11) is 0. The zero-order valence-corrected chi connectivity index (χ0v) is 24.6. The number of hydrogen-bond donors (Lipinski definition) is 1. The van der Waals surface area contributed by atoms with E-state index in [1.54, 1.807) is 13.8 Å². The summed E-state index contributed by atoms with van der Waals surface area (Å²) >= 11 is 0. The third-order valence-electron chi connectivity index (χ3n) is 9.99. The van der Waals surface area contributed by atoms with Crippen LogP contribution in [0, 0.1) is 22.7 Å². The lowest BCUT2D eigenvalue weighted by molar-refractivity contribution is -0.215. The fraction of sp³-hybridized carbons (Fsp3) is 0.667. The number of fused-ring (bicyclic) bond motifs is 3. The van der Waals surface area contributed by atoms with Gasteiger partial charge in [-0.05, 0) is 101 Å². The number of aromatic nitrogens is 2. The number of hydrogen-bond acceptors (Lipinski definition) is 5. The van der Waals surface area contributed by atoms with Gasteiger partial charge in [-0.3, -0.25) is 4.79 Å². The van der Waals surface area contributed by atoms with Gasteiger partial charge in [-0.1, -0.05) is 38.7 Å². The van der Waals surface area contributed by atoms with Crippen LogP contribution in [0.25, 0.3) is 0 Å². The standard InChI is InChI=1S/C33H42FN3O3/c1-28(2,3)26-35-36-27(40-26)32-14-11-30(12-15-32,13-16-32)22-37(25(38)18-31-19-33(34,20-31)21-31)24-8-6-7-23(17-24)9-10-29(4,5)39/h6-8,17,39H,11-16,18-22H2,1-5H3. The van der Waals surface area contributed by atoms with Gasteiger partial charge < -0.3 is 14.4 Å². The number of amides is 1. The van der Waals surface area contributed by atoms with Crippen molar-refractivity contribution in [2.45, 2.75) is 121 Å². The lowest BCUT2D eigenvalue weighted by atomic mass is 9.41. The molecule has 1 heterocycles. The lowest BCUT2D eigenvalue weighted by Gasteiger charge is -2.66. The van der Waals surface area contributed by atoms with Crippen LogP contribution in [0.2, 0.25) is 0 Å². The number of aliphatic hydroxyl groups is 1. The molecule has 1 aromatic heterocycles. The molecule has 1 N–H and O–H groups in total. The number of carbonyl (C=O) groups excluding carboxylic acids is 1. The third kappa shape index (κ3) is 4.98. The minimum atomic E-state index is -1.10. The SMILES string of the molecule is CC(C)(O)C#Cc1cccc(N(CC23CCC(c4nnc(C(C)(C)C)o4)(CC2)CC3)C(=O)CC23CC(F)(C2)C3)c1. The largest absolute Gasteiger partial charge is 0.424 e. The summed E-state index contributed by atoms with van der Waals surface area (Å²) in [6, 6.07) is 7.76. The van der Waals surface area contributed by atoms with Crippen LogP contribution in [0.5, 0.6) is 0 Å². The van der Waals surface area contributed by atoms with Crippen molar-refractivity contribution in [1.29, 1.82) is 0 Å². The van der Waals surface area contributed by atoms with Crippen molar-refractivity contribution < 1.29 is 18.7 Å². The number of carbonyl (C=O) groups is 1. The number of benzene rings is 1. The first kappa shape index (κ1) is 27.4. The van der Waals surface area contributed by atoms with Crippen LogP contribution in [-0.2, 0) is 15.6 Å². The molecule has 0 atom stereocenters. The summed E-state index contributed by atoms with van der Waals surface area (Å²) in [6.45, 7) is 10.2. The molecule has 0 spiro atoms. The molecule has 8 rings (SSSR count). The zero-order valence-electron chi connectivity index (χ0n) is 24.6. The first-order chi connectivity index (χ1) is 18.6. The second kappa shape index (κ2) is 8.89. The van der Waals surface area contributed by atoms with Crippen LogP contribution in [-0.4, -0.2) is 39.0 Å². The van der Waals surface area contributed by atoms with Gasteiger partial charge in [-0.25, -0.2) is 4.39 Å². The van der Waals surface area contributed by atoms with Crippen LogP contribution in [0.15, 0.2) is 28.7 Å². The first-order valence-electron chi connectivity index (χ1n) is 14.8. The topological polar surface area (TPSA) is 79.5 Å². The zero-order chi connectivity index (χ0) is 28.6. The molecule has 6 nitrogen and oxygen atoms in total. The normalized spacial score (nSPS) is 32.5. The number of halogens is 1. The maximum absolute atomic E-state index is 14.3. The molecule has 7 heteroatoms. The van der Waals surface area contributed by atoms with Crippen molar-refractivity contribution >= 4 is 11.6 Å². The fourth-order valence-corrected chi connectivity index (χ4v) is 7.66. The van der Waals surface area contributed by atoms with Crippen molar-refractivity contribution in [1.82, 2.24) is 10.2 Å². The summed E-state index contributed by atoms with van der Waals surface area (Å²) in [5.41, 5.74) is -0.895. The number of rotatable bonds is 6. The summed E-state index contributed by atoms with van der Waals surface area (Å²) in [5.74, 6) is 7.49. The fourth-order valence-electron chi connectivity index (χ4n) is 7.66. The van der Waals surface area contributed by atoms with Crippen molar-refractivity contribution in [3.63, 3.8) is 0 Å². The minimum Gasteiger partial charge on any atom is -0.424 e. The van der Waals surface area contributed by atoms with Gasteiger partial charge in [0.25, 0.3) is 0 Å². The van der Waals surface area contributed by atoms with Crippen LogP contribution in [0.4, 0.5) is 10.1 Å². The summed E-state index contributed by atoms with van der Waals surface area (Å²) in [5, 5.41) is 19.0. The Morgan fingerprint density at radius 1 is 1.02 bits per heavy atom. The monoisotopic (exact) mass is 547 g/mol. The maximum atomic E-state index is 14.3. The molecule has 0 aliphatic heterocycles. The Hall–Kier alpha value is -2.72. The molecule has 1 amide bonds. The van der Waals surface area contributed by atoms with E-state index >= 15 is 0 Å². The lowest BCUT2D eigenvalue weighted by Crippen LogP contribution is -2.65. The smallest absolute Gasteiger partial charge is 0.227 e. The van der Waals surface area contributed by atoms with Gasteiger partial charge in [0.15, 0.2) is 0 Å². The van der Waals surface area contributed by atoms with Crippen LogP contribution < -0.4 is 4.90 Å². The number of alkyl halides is 1. The van der Waals surface area contributed by atoms with Crippen LogP contribution in [0.1, 0.15) is 116 Å². The molecule has 0 radical (unpaired) electrons. The van der Waals surface area contributed by atoms with Crippen LogP contribution >= 0.6 is 0 Å². The van der Waals surface area contributed by atoms with Gasteiger partial charge in [-0.15, -0.1) is 10.2 Å². The Balaban J connectivity index is 1.23. The minimum absolute atomic E-state index is 0.0276. The Morgan fingerprint density at radius 2 is 1.68 bits per heavy atom. The second-order valence-electron chi connectivity index (χ2n) is 15.1. The van der Waals surface area contributed by atoms with E-state index in [1.165, 1.54) is 0 Å². The first-order valence-corrected chi connectivity index (χ1v) is 14.8. The predicted octanol–water partition coefficient (Wildman–Crippen LogP) is 6.40. The molecular weight excluding hydrogens is 505 g/mol. The third-order valence-corrected chi connectivity index (χ3v) is 9.99. The van der Waals surface area contributed by atoms with Gasteiger partial charge in [-0.2, -0.15) is 0 Å². The molecule has 2 aromatic rings. The van der Waals surface area contributed by atoms with Crippen LogP contribution in [0.3, 0.4) is 0 Å². The van der Waals surface area contributed by atoms with E-state index in [-0.39, 0.29) is 27.6 Å². The van der Waals surface area contributed by atoms with E-state index in [0.717, 1.165) is 55.7 Å². The number of anilines is 1. The molecular formula is C33H42FN3O3. The highest BCUT2D eigenvalue weighted by Gasteiger charge is 2.69. The predicted molar refractivity (Wildman–Crippen MR) is 152 cm³/mol. The molecule has 6 saturated carbocycles. The van der Waals surface area contributed by atoms with Gasteiger partial charge >= 0.3 is 0 Å². The molecule has 1 aromatic carbocycles. The van der Waals surface area contributed by atoms with E-state index in [2.05, 4.69) is 42.8 Å². The summed E-state index contributed by atoms with van der Waals surface area (Å²) in [4.78, 5) is 15.9. The summed E-state index contributed by atoms with van der Waals surface area (Å²) in [6.07, 6.45) is 7.89. The molecule has 6 aliphatic carbocycles. The maximum Gasteiger partial charge on any atom is 0.227 e. The molecule has 0 unspecified atom stereocenters. The Labute approximate surface area is 237 Å². The Morgan fingerprint density at radius 3 is 2.23 bits per heavy atom. The number of nitrogens with zero attached hydrogens (tertiary/aromatic N) is 3. The van der Waals surface area contributed by atoms with Crippen molar-refractivity contribution in [2.75, 3.05) is 11.4 Å². The van der Waals surface area contributed by atoms with E-state index in [0.29, 0.717) is 38.1 Å². The van der Waals surface area contributed by atoms with E-state index in [1.807, 2.05) is 29.2 Å². The molecule has 40 heavy (non-hydrogen) atoms. The van der Waals surface area contributed by atoms with E-state index < -0.39 is 11.3 Å². The molecule has 6 aliphatic rings. The van der Waals surface area contributed by atoms with Gasteiger partial charge in [0.1, 0.15) is 11.3 Å². The molecule has 0 saturated heterocycles. The average Bonchev–Trinajstić information content (AvgIpc) is 3.38. The quantitative estimate of drug-likeness (QED) is 0.424. The van der Waals surface area contributed by atoms with Gasteiger partial charge in [0.2, 0.25) is 17.7 Å². The molecule has 6 fully saturated rings. The molecule has 4 bridgehead atoms. The Bertz CT molecular complexity index is 1340. The highest BCUT2D eigenvalue weighted by atomic mass is 19.1. The van der Waals surface area contributed by atoms with E-state index in [4.69, 9.17) is 4.42 Å². The van der Waals surface area contributed by atoms with Crippen molar-refractivity contribution in [3.8, 4) is 11.8 Å². The molecule has 214 valence electrons. The Kier molecular flexibility index (Phi) is 6.10. The van der Waals surface area contributed by atoms with E-state index in [9.17, 15) is 14.3 Å². The summed E-state index contributed by atoms with van der Waals surface area (Å²) < 4.78 is 20.5. The average molecular weight is 548 g/mol.